The third-order valence-corrected chi connectivity index (χ3v) is 6.09. The van der Waals surface area contributed by atoms with Crippen molar-refractivity contribution in [2.75, 3.05) is 4.90 Å². The van der Waals surface area contributed by atoms with Crippen LogP contribution in [0, 0.1) is 0 Å². The van der Waals surface area contributed by atoms with Gasteiger partial charge in [-0.15, -0.1) is 0 Å². The number of primary amides is 1. The van der Waals surface area contributed by atoms with Crippen LogP contribution in [0.1, 0.15) is 47.5 Å². The molecule has 1 atom stereocenters. The van der Waals surface area contributed by atoms with Crippen molar-refractivity contribution < 1.29 is 14.4 Å². The lowest BCUT2D eigenvalue weighted by molar-refractivity contribution is -0.119. The van der Waals surface area contributed by atoms with Crippen molar-refractivity contribution in [3.8, 4) is 0 Å². The highest BCUT2D eigenvalue weighted by Crippen LogP contribution is 2.46. The SMILES string of the molecule is NC(=O)c1ccc(N2C(=O)CC(c3c(Cl)cccc3Cl)C3=C2CCCC3=O)cc1. The van der Waals surface area contributed by atoms with E-state index in [4.69, 9.17) is 28.9 Å². The molecule has 2 aliphatic rings. The Morgan fingerprint density at radius 2 is 1.66 bits per heavy atom. The first-order valence-electron chi connectivity index (χ1n) is 9.31. The van der Waals surface area contributed by atoms with Crippen LogP contribution in [0.15, 0.2) is 53.7 Å². The minimum atomic E-state index is -0.539. The minimum Gasteiger partial charge on any atom is -0.366 e. The van der Waals surface area contributed by atoms with Crippen LogP contribution in [0.4, 0.5) is 5.69 Å². The Balaban J connectivity index is 1.86. The summed E-state index contributed by atoms with van der Waals surface area (Å²) in [6.07, 6.45) is 1.79. The predicted molar refractivity (Wildman–Crippen MR) is 112 cm³/mol. The van der Waals surface area contributed by atoms with Crippen molar-refractivity contribution in [2.24, 2.45) is 5.73 Å². The number of ketones is 1. The maximum atomic E-state index is 13.2. The van der Waals surface area contributed by atoms with Crippen molar-refractivity contribution >= 4 is 46.5 Å². The number of halogens is 2. The molecule has 0 bridgehead atoms. The number of nitrogens with zero attached hydrogens (tertiary/aromatic N) is 1. The molecule has 1 heterocycles. The van der Waals surface area contributed by atoms with Crippen molar-refractivity contribution in [3.63, 3.8) is 0 Å². The van der Waals surface area contributed by atoms with E-state index in [0.717, 1.165) is 0 Å². The van der Waals surface area contributed by atoms with Crippen LogP contribution in [0.5, 0.6) is 0 Å². The topological polar surface area (TPSA) is 80.5 Å². The number of hydrogen-bond donors (Lipinski definition) is 1. The summed E-state index contributed by atoms with van der Waals surface area (Å²) in [6.45, 7) is 0. The largest absolute Gasteiger partial charge is 0.366 e. The van der Waals surface area contributed by atoms with Crippen LogP contribution < -0.4 is 10.6 Å². The van der Waals surface area contributed by atoms with Crippen LogP contribution in [0.2, 0.25) is 10.0 Å². The van der Waals surface area contributed by atoms with E-state index in [1.54, 1.807) is 47.4 Å². The molecule has 0 radical (unpaired) electrons. The minimum absolute atomic E-state index is 0.0125. The second-order valence-corrected chi connectivity index (χ2v) is 7.98. The van der Waals surface area contributed by atoms with Gasteiger partial charge in [-0.3, -0.25) is 19.3 Å². The summed E-state index contributed by atoms with van der Waals surface area (Å²) in [5.41, 5.74) is 8.17. The third kappa shape index (κ3) is 3.45. The van der Waals surface area contributed by atoms with Gasteiger partial charge >= 0.3 is 0 Å². The molecule has 2 N–H and O–H groups in total. The Morgan fingerprint density at radius 3 is 2.28 bits per heavy atom. The van der Waals surface area contributed by atoms with E-state index in [1.165, 1.54) is 0 Å². The number of carbonyl (C=O) groups excluding carboxylic acids is 3. The lowest BCUT2D eigenvalue weighted by Gasteiger charge is -2.38. The molecule has 2 aromatic carbocycles. The van der Waals surface area contributed by atoms with Gasteiger partial charge in [0.2, 0.25) is 11.8 Å². The Hall–Kier alpha value is -2.63. The zero-order valence-electron chi connectivity index (χ0n) is 15.5. The van der Waals surface area contributed by atoms with E-state index >= 15 is 0 Å². The van der Waals surface area contributed by atoms with Gasteiger partial charge in [-0.25, -0.2) is 0 Å². The summed E-state index contributed by atoms with van der Waals surface area (Å²) in [5, 5.41) is 0.888. The van der Waals surface area contributed by atoms with Crippen LogP contribution >= 0.6 is 23.2 Å². The maximum Gasteiger partial charge on any atom is 0.248 e. The van der Waals surface area contributed by atoms with Gasteiger partial charge in [0.25, 0.3) is 0 Å². The Kier molecular flexibility index (Phi) is 5.19. The number of benzene rings is 2. The van der Waals surface area contributed by atoms with Gasteiger partial charge < -0.3 is 5.73 Å². The molecular formula is C22H18Cl2N2O3. The van der Waals surface area contributed by atoms with Crippen molar-refractivity contribution in [1.29, 1.82) is 0 Å². The molecule has 1 aliphatic heterocycles. The predicted octanol–water partition coefficient (Wildman–Crippen LogP) is 4.62. The monoisotopic (exact) mass is 428 g/mol. The number of Topliss-reactive ketones (excluding diaryl/α,β-unsaturated/α-hetero) is 1. The molecule has 2 amide bonds. The zero-order valence-corrected chi connectivity index (χ0v) is 17.0. The lowest BCUT2D eigenvalue weighted by atomic mass is 9.77. The first kappa shape index (κ1) is 19.7. The highest BCUT2D eigenvalue weighted by atomic mass is 35.5. The van der Waals surface area contributed by atoms with Crippen molar-refractivity contribution in [2.45, 2.75) is 31.6 Å². The first-order valence-corrected chi connectivity index (χ1v) is 10.1. The van der Waals surface area contributed by atoms with Gasteiger partial charge in [0, 0.05) is 51.3 Å². The van der Waals surface area contributed by atoms with E-state index in [2.05, 4.69) is 0 Å². The van der Waals surface area contributed by atoms with E-state index in [9.17, 15) is 14.4 Å². The van der Waals surface area contributed by atoms with Crippen LogP contribution in [-0.4, -0.2) is 17.6 Å². The lowest BCUT2D eigenvalue weighted by Crippen LogP contribution is -2.40. The van der Waals surface area contributed by atoms with Crippen LogP contribution in [-0.2, 0) is 9.59 Å². The molecule has 0 aromatic heterocycles. The van der Waals surface area contributed by atoms with E-state index < -0.39 is 11.8 Å². The van der Waals surface area contributed by atoms with Gasteiger partial charge in [0.05, 0.1) is 0 Å². The Morgan fingerprint density at radius 1 is 1.00 bits per heavy atom. The molecule has 0 saturated carbocycles. The van der Waals surface area contributed by atoms with Gasteiger partial charge in [0.15, 0.2) is 5.78 Å². The van der Waals surface area contributed by atoms with E-state index in [-0.39, 0.29) is 18.1 Å². The molecule has 4 rings (SSSR count). The van der Waals surface area contributed by atoms with E-state index in [1.807, 2.05) is 0 Å². The quantitative estimate of drug-likeness (QED) is 0.773. The summed E-state index contributed by atoms with van der Waals surface area (Å²) in [7, 11) is 0. The Labute approximate surface area is 178 Å². The summed E-state index contributed by atoms with van der Waals surface area (Å²) in [6, 6.07) is 11.7. The van der Waals surface area contributed by atoms with Gasteiger partial charge in [-0.05, 0) is 54.8 Å². The second-order valence-electron chi connectivity index (χ2n) is 7.17. The van der Waals surface area contributed by atoms with Crippen molar-refractivity contribution in [3.05, 3.63) is 74.9 Å². The normalized spacial score (nSPS) is 19.4. The van der Waals surface area contributed by atoms with E-state index in [0.29, 0.717) is 57.4 Å². The second kappa shape index (κ2) is 7.65. The summed E-state index contributed by atoms with van der Waals surface area (Å²) in [5.74, 6) is -1.14. The van der Waals surface area contributed by atoms with Gasteiger partial charge in [-0.2, -0.15) is 0 Å². The highest BCUT2D eigenvalue weighted by Gasteiger charge is 2.41. The number of rotatable bonds is 3. The first-order chi connectivity index (χ1) is 13.9. The molecule has 0 fully saturated rings. The molecule has 7 heteroatoms. The fraction of sp³-hybridized carbons (Fsp3) is 0.227. The smallest absolute Gasteiger partial charge is 0.248 e. The third-order valence-electron chi connectivity index (χ3n) is 5.43. The highest BCUT2D eigenvalue weighted by molar-refractivity contribution is 6.36. The summed E-state index contributed by atoms with van der Waals surface area (Å²) >= 11 is 12.8. The maximum absolute atomic E-state index is 13.2. The number of anilines is 1. The fourth-order valence-electron chi connectivity index (χ4n) is 4.16. The molecule has 0 saturated heterocycles. The van der Waals surface area contributed by atoms with Crippen LogP contribution in [0.3, 0.4) is 0 Å². The molecule has 1 unspecified atom stereocenters. The van der Waals surface area contributed by atoms with Gasteiger partial charge in [-0.1, -0.05) is 29.3 Å². The standard InChI is InChI=1S/C22H18Cl2N2O3/c23-15-3-1-4-16(24)20(15)14-11-19(28)26(17-5-2-6-18(27)21(14)17)13-9-7-12(8-10-13)22(25)29/h1,3-4,7-10,14H,2,5-6,11H2,(H2,25,29). The van der Waals surface area contributed by atoms with Crippen molar-refractivity contribution in [1.82, 2.24) is 0 Å². The number of allylic oxidation sites excluding steroid dienone is 2. The summed E-state index contributed by atoms with van der Waals surface area (Å²) in [4.78, 5) is 39.0. The molecule has 29 heavy (non-hydrogen) atoms. The number of carbonyl (C=O) groups is 3. The number of hydrogen-bond acceptors (Lipinski definition) is 3. The van der Waals surface area contributed by atoms with Gasteiger partial charge in [0.1, 0.15) is 0 Å². The fourth-order valence-corrected chi connectivity index (χ4v) is 4.82. The molecule has 2 aromatic rings. The Bertz CT molecular complexity index is 1040. The molecular weight excluding hydrogens is 411 g/mol. The average molecular weight is 429 g/mol. The van der Waals surface area contributed by atoms with Crippen LogP contribution in [0.25, 0.3) is 0 Å². The molecule has 5 nitrogen and oxygen atoms in total. The number of amides is 2. The average Bonchev–Trinajstić information content (AvgIpc) is 2.68. The molecule has 148 valence electrons. The number of nitrogens with two attached hydrogens (primary N) is 1. The molecule has 1 aliphatic carbocycles. The zero-order chi connectivity index (χ0) is 20.7. The summed E-state index contributed by atoms with van der Waals surface area (Å²) < 4.78 is 0. The molecule has 0 spiro atoms.